The van der Waals surface area contributed by atoms with Gasteiger partial charge in [-0.15, -0.1) is 0 Å². The van der Waals surface area contributed by atoms with Crippen molar-refractivity contribution in [1.29, 1.82) is 5.41 Å². The van der Waals surface area contributed by atoms with Gasteiger partial charge < -0.3 is 4.74 Å². The Labute approximate surface area is 68.5 Å². The Balaban J connectivity index is 3.39. The quantitative estimate of drug-likeness (QED) is 0.384. The average Bonchev–Trinajstić information content (AvgIpc) is 1.59. The standard InChI is InChI=1S/C4H6Cl3NO/c1-3(8)9-2-4(5,6)7/h8H,2H2,1H3. The van der Waals surface area contributed by atoms with Crippen LogP contribution in [0.4, 0.5) is 0 Å². The molecule has 1 N–H and O–H groups in total. The third-order valence-corrected chi connectivity index (χ3v) is 0.780. The number of ether oxygens (including phenoxy) is 1. The van der Waals surface area contributed by atoms with E-state index in [9.17, 15) is 0 Å². The molecule has 0 radical (unpaired) electrons. The van der Waals surface area contributed by atoms with Crippen LogP contribution < -0.4 is 0 Å². The van der Waals surface area contributed by atoms with E-state index in [4.69, 9.17) is 40.2 Å². The van der Waals surface area contributed by atoms with Crippen molar-refractivity contribution < 1.29 is 4.74 Å². The van der Waals surface area contributed by atoms with Gasteiger partial charge in [-0.25, -0.2) is 0 Å². The van der Waals surface area contributed by atoms with Gasteiger partial charge >= 0.3 is 0 Å². The van der Waals surface area contributed by atoms with Crippen molar-refractivity contribution >= 4 is 40.7 Å². The maximum atomic E-state index is 6.78. The lowest BCUT2D eigenvalue weighted by molar-refractivity contribution is 0.307. The third kappa shape index (κ3) is 8.34. The van der Waals surface area contributed by atoms with Crippen LogP contribution in [0.3, 0.4) is 0 Å². The Morgan fingerprint density at radius 2 is 2.00 bits per heavy atom. The first kappa shape index (κ1) is 9.34. The average molecular weight is 190 g/mol. The van der Waals surface area contributed by atoms with Crippen LogP contribution in [0.1, 0.15) is 6.92 Å². The molecular weight excluding hydrogens is 184 g/mol. The molecule has 0 bridgehead atoms. The molecule has 0 aliphatic rings. The van der Waals surface area contributed by atoms with Crippen LogP contribution in [0.5, 0.6) is 0 Å². The van der Waals surface area contributed by atoms with Crippen molar-refractivity contribution in [3.63, 3.8) is 0 Å². The Kier molecular flexibility index (Phi) is 3.63. The van der Waals surface area contributed by atoms with Gasteiger partial charge in [0.2, 0.25) is 3.79 Å². The topological polar surface area (TPSA) is 33.1 Å². The fraction of sp³-hybridized carbons (Fsp3) is 0.750. The van der Waals surface area contributed by atoms with Gasteiger partial charge in [0.05, 0.1) is 0 Å². The fourth-order valence-corrected chi connectivity index (χ4v) is 0.354. The lowest BCUT2D eigenvalue weighted by Crippen LogP contribution is -2.14. The predicted octanol–water partition coefficient (Wildman–Crippen LogP) is 2.37. The number of alkyl halides is 3. The fourth-order valence-electron chi connectivity index (χ4n) is 0.190. The molecule has 0 unspecified atom stereocenters. The van der Waals surface area contributed by atoms with E-state index in [0.29, 0.717) is 0 Å². The molecule has 0 aliphatic heterocycles. The summed E-state index contributed by atoms with van der Waals surface area (Å²) in [5, 5.41) is 6.78. The molecule has 0 atom stereocenters. The highest BCUT2D eigenvalue weighted by molar-refractivity contribution is 6.67. The first-order chi connectivity index (χ1) is 3.92. The summed E-state index contributed by atoms with van der Waals surface area (Å²) in [6, 6.07) is 0. The molecule has 5 heteroatoms. The second-order valence-electron chi connectivity index (χ2n) is 1.46. The van der Waals surface area contributed by atoms with E-state index in [0.717, 1.165) is 0 Å². The van der Waals surface area contributed by atoms with Gasteiger partial charge in [-0.3, -0.25) is 5.41 Å². The Bertz CT molecular complexity index is 109. The molecule has 0 saturated carbocycles. The summed E-state index contributed by atoms with van der Waals surface area (Å²) in [5.74, 6) is 0.0429. The number of hydrogen-bond donors (Lipinski definition) is 1. The van der Waals surface area contributed by atoms with Gasteiger partial charge in [0.1, 0.15) is 6.61 Å². The van der Waals surface area contributed by atoms with E-state index in [1.165, 1.54) is 6.92 Å². The van der Waals surface area contributed by atoms with E-state index in [2.05, 4.69) is 4.74 Å². The molecule has 0 spiro atoms. The number of hydrogen-bond acceptors (Lipinski definition) is 2. The molecule has 0 aliphatic carbocycles. The van der Waals surface area contributed by atoms with Gasteiger partial charge in [0, 0.05) is 6.92 Å². The Hall–Kier alpha value is 0.340. The molecule has 0 saturated heterocycles. The van der Waals surface area contributed by atoms with Gasteiger partial charge in [-0.1, -0.05) is 34.8 Å². The lowest BCUT2D eigenvalue weighted by atomic mass is 10.7. The van der Waals surface area contributed by atoms with E-state index in [1.807, 2.05) is 0 Å². The van der Waals surface area contributed by atoms with Crippen molar-refractivity contribution in [2.45, 2.75) is 10.7 Å². The second-order valence-corrected chi connectivity index (χ2v) is 3.98. The first-order valence-corrected chi connectivity index (χ1v) is 3.30. The molecule has 0 rings (SSSR count). The molecule has 0 fully saturated rings. The van der Waals surface area contributed by atoms with E-state index < -0.39 is 3.79 Å². The van der Waals surface area contributed by atoms with E-state index in [-0.39, 0.29) is 12.5 Å². The minimum atomic E-state index is -1.41. The van der Waals surface area contributed by atoms with E-state index >= 15 is 0 Å². The summed E-state index contributed by atoms with van der Waals surface area (Å²) < 4.78 is 3.18. The third-order valence-electron chi connectivity index (χ3n) is 0.452. The highest BCUT2D eigenvalue weighted by atomic mass is 35.6. The van der Waals surface area contributed by atoms with Crippen LogP contribution in [0.15, 0.2) is 0 Å². The molecule has 2 nitrogen and oxygen atoms in total. The van der Waals surface area contributed by atoms with Crippen LogP contribution in [-0.2, 0) is 4.74 Å². The summed E-state index contributed by atoms with van der Waals surface area (Å²) >= 11 is 15.9. The molecule has 54 valence electrons. The summed E-state index contributed by atoms with van der Waals surface area (Å²) in [6.07, 6.45) is 0. The zero-order valence-corrected chi connectivity index (χ0v) is 7.02. The number of rotatable bonds is 1. The first-order valence-electron chi connectivity index (χ1n) is 2.16. The molecule has 0 aromatic rings. The lowest BCUT2D eigenvalue weighted by Gasteiger charge is -2.10. The van der Waals surface area contributed by atoms with Gasteiger partial charge in [-0.2, -0.15) is 0 Å². The number of halogens is 3. The SMILES string of the molecule is CC(=N)OCC(Cl)(Cl)Cl. The van der Waals surface area contributed by atoms with Crippen molar-refractivity contribution in [3.8, 4) is 0 Å². The van der Waals surface area contributed by atoms with Crippen LogP contribution in [0, 0.1) is 5.41 Å². The van der Waals surface area contributed by atoms with Gasteiger partial charge in [0.15, 0.2) is 5.90 Å². The van der Waals surface area contributed by atoms with Gasteiger partial charge in [0.25, 0.3) is 0 Å². The Morgan fingerprint density at radius 3 is 2.11 bits per heavy atom. The van der Waals surface area contributed by atoms with Crippen LogP contribution in [0.2, 0.25) is 0 Å². The molecule has 0 amide bonds. The summed E-state index contributed by atoms with van der Waals surface area (Å²) in [6.45, 7) is 1.39. The molecule has 0 aromatic carbocycles. The molecule has 0 heterocycles. The van der Waals surface area contributed by atoms with Crippen LogP contribution >= 0.6 is 34.8 Å². The summed E-state index contributed by atoms with van der Waals surface area (Å²) in [5.41, 5.74) is 0. The highest BCUT2D eigenvalue weighted by Crippen LogP contribution is 2.25. The van der Waals surface area contributed by atoms with Crippen molar-refractivity contribution in [2.75, 3.05) is 6.61 Å². The van der Waals surface area contributed by atoms with Crippen molar-refractivity contribution in [3.05, 3.63) is 0 Å². The van der Waals surface area contributed by atoms with E-state index in [1.54, 1.807) is 0 Å². The number of nitrogens with one attached hydrogen (secondary N) is 1. The van der Waals surface area contributed by atoms with Crippen molar-refractivity contribution in [2.24, 2.45) is 0 Å². The van der Waals surface area contributed by atoms with Crippen molar-refractivity contribution in [1.82, 2.24) is 0 Å². The zero-order chi connectivity index (χ0) is 7.49. The minimum Gasteiger partial charge on any atom is -0.477 e. The summed E-state index contributed by atoms with van der Waals surface area (Å²) in [7, 11) is 0. The van der Waals surface area contributed by atoms with Crippen LogP contribution in [0.25, 0.3) is 0 Å². The Morgan fingerprint density at radius 1 is 1.56 bits per heavy atom. The smallest absolute Gasteiger partial charge is 0.224 e. The monoisotopic (exact) mass is 189 g/mol. The normalized spacial score (nSPS) is 11.1. The largest absolute Gasteiger partial charge is 0.477 e. The highest BCUT2D eigenvalue weighted by Gasteiger charge is 2.20. The molecule has 0 aromatic heterocycles. The molecular formula is C4H6Cl3NO. The van der Waals surface area contributed by atoms with Crippen LogP contribution in [-0.4, -0.2) is 16.3 Å². The second kappa shape index (κ2) is 3.49. The maximum absolute atomic E-state index is 6.78. The van der Waals surface area contributed by atoms with Gasteiger partial charge in [-0.05, 0) is 0 Å². The minimum absolute atomic E-state index is 0.0429. The molecule has 9 heavy (non-hydrogen) atoms. The zero-order valence-electron chi connectivity index (χ0n) is 4.75. The summed E-state index contributed by atoms with van der Waals surface area (Å²) in [4.78, 5) is 0. The predicted molar refractivity (Wildman–Crippen MR) is 39.6 cm³/mol. The maximum Gasteiger partial charge on any atom is 0.224 e.